The minimum atomic E-state index is -0.565. The van der Waals surface area contributed by atoms with Gasteiger partial charge in [0.15, 0.2) is 0 Å². The molecule has 0 saturated heterocycles. The average Bonchev–Trinajstić information content (AvgIpc) is 2.95. The number of rotatable bonds is 2. The first-order chi connectivity index (χ1) is 12.5. The third-order valence-electron chi connectivity index (χ3n) is 5.20. The number of hydrogen-bond acceptors (Lipinski definition) is 6. The third-order valence-corrected chi connectivity index (χ3v) is 5.20. The Labute approximate surface area is 149 Å². The van der Waals surface area contributed by atoms with Gasteiger partial charge in [-0.2, -0.15) is 9.78 Å². The van der Waals surface area contributed by atoms with E-state index >= 15 is 0 Å². The number of aliphatic hydroxyl groups excluding tert-OH is 1. The SMILES string of the molecule is COc1cc(F)cc2c1NCC[C@@H]2C(=O)n1nc2c(c1N)CCC(O)C2. The molecule has 0 amide bonds. The van der Waals surface area contributed by atoms with E-state index in [1.54, 1.807) is 0 Å². The number of aromatic nitrogens is 2. The zero-order valence-corrected chi connectivity index (χ0v) is 14.5. The van der Waals surface area contributed by atoms with E-state index in [2.05, 4.69) is 10.4 Å². The molecule has 0 bridgehead atoms. The third kappa shape index (κ3) is 2.61. The summed E-state index contributed by atoms with van der Waals surface area (Å²) < 4.78 is 20.5. The molecule has 1 aliphatic carbocycles. The minimum absolute atomic E-state index is 0.290. The maximum absolute atomic E-state index is 14.0. The summed E-state index contributed by atoms with van der Waals surface area (Å²) >= 11 is 0. The van der Waals surface area contributed by atoms with Gasteiger partial charge in [-0.3, -0.25) is 4.79 Å². The quantitative estimate of drug-likeness (QED) is 0.753. The number of nitrogens with two attached hydrogens (primary N) is 1. The molecule has 2 atom stereocenters. The van der Waals surface area contributed by atoms with Crippen molar-refractivity contribution < 1.29 is 19.0 Å². The van der Waals surface area contributed by atoms with E-state index in [1.165, 1.54) is 23.9 Å². The van der Waals surface area contributed by atoms with Crippen molar-refractivity contribution in [3.8, 4) is 5.75 Å². The number of methoxy groups -OCH3 is 1. The number of aliphatic hydroxyl groups is 1. The predicted molar refractivity (Wildman–Crippen MR) is 94.1 cm³/mol. The van der Waals surface area contributed by atoms with Gasteiger partial charge < -0.3 is 20.9 Å². The zero-order chi connectivity index (χ0) is 18.4. The topological polar surface area (TPSA) is 102 Å². The predicted octanol–water partition coefficient (Wildman–Crippen LogP) is 1.70. The van der Waals surface area contributed by atoms with Crippen LogP contribution in [0.2, 0.25) is 0 Å². The number of nitrogens with zero attached hydrogens (tertiary/aromatic N) is 2. The molecule has 8 heteroatoms. The molecule has 0 fully saturated rings. The molecule has 2 aliphatic rings. The highest BCUT2D eigenvalue weighted by molar-refractivity contribution is 5.91. The number of hydrogen-bond donors (Lipinski definition) is 3. The van der Waals surface area contributed by atoms with Crippen LogP contribution in [0.1, 0.15) is 40.4 Å². The van der Waals surface area contributed by atoms with Gasteiger partial charge >= 0.3 is 0 Å². The van der Waals surface area contributed by atoms with E-state index in [-0.39, 0.29) is 5.91 Å². The molecule has 1 aromatic carbocycles. The van der Waals surface area contributed by atoms with Crippen LogP contribution in [0.4, 0.5) is 15.9 Å². The lowest BCUT2D eigenvalue weighted by molar-refractivity contribution is 0.0858. The number of benzene rings is 1. The van der Waals surface area contributed by atoms with Crippen molar-refractivity contribution in [2.24, 2.45) is 0 Å². The van der Waals surface area contributed by atoms with Crippen molar-refractivity contribution >= 4 is 17.4 Å². The number of carbonyl (C=O) groups is 1. The van der Waals surface area contributed by atoms with E-state index in [4.69, 9.17) is 10.5 Å². The summed E-state index contributed by atoms with van der Waals surface area (Å²) in [7, 11) is 1.47. The second kappa shape index (κ2) is 6.28. The molecule has 4 N–H and O–H groups in total. The number of anilines is 2. The molecule has 7 nitrogen and oxygen atoms in total. The lowest BCUT2D eigenvalue weighted by Crippen LogP contribution is -2.29. The first-order valence-electron chi connectivity index (χ1n) is 8.69. The summed E-state index contributed by atoms with van der Waals surface area (Å²) in [4.78, 5) is 13.2. The second-order valence-corrected chi connectivity index (χ2v) is 6.80. The van der Waals surface area contributed by atoms with Gasteiger partial charge in [0.25, 0.3) is 5.91 Å². The van der Waals surface area contributed by atoms with Gasteiger partial charge in [-0.15, -0.1) is 0 Å². The first-order valence-corrected chi connectivity index (χ1v) is 8.69. The van der Waals surface area contributed by atoms with Gasteiger partial charge in [0, 0.05) is 24.6 Å². The number of fused-ring (bicyclic) bond motifs is 2. The first kappa shape index (κ1) is 16.8. The highest BCUT2D eigenvalue weighted by Gasteiger charge is 2.33. The molecule has 0 spiro atoms. The van der Waals surface area contributed by atoms with Crippen LogP contribution < -0.4 is 15.8 Å². The Balaban J connectivity index is 1.74. The van der Waals surface area contributed by atoms with Crippen molar-refractivity contribution in [1.82, 2.24) is 9.78 Å². The highest BCUT2D eigenvalue weighted by atomic mass is 19.1. The Morgan fingerprint density at radius 3 is 3.04 bits per heavy atom. The fraction of sp³-hybridized carbons (Fsp3) is 0.444. The fourth-order valence-corrected chi connectivity index (χ4v) is 3.88. The van der Waals surface area contributed by atoms with Crippen LogP contribution in [0.3, 0.4) is 0 Å². The van der Waals surface area contributed by atoms with E-state index < -0.39 is 17.8 Å². The molecule has 1 aliphatic heterocycles. The Hall–Kier alpha value is -2.61. The van der Waals surface area contributed by atoms with E-state index in [1.807, 2.05) is 0 Å². The standard InChI is InChI=1S/C18H21FN4O3/c1-26-15-7-9(19)6-13-11(4-5-21-16(13)15)18(25)23-17(20)12-3-2-10(24)8-14(12)22-23/h6-7,10-11,21,24H,2-5,8,20H2,1H3/t10?,11-/m0/s1. The van der Waals surface area contributed by atoms with Crippen LogP contribution in [0.5, 0.6) is 5.75 Å². The molecule has 4 rings (SSSR count). The average molecular weight is 360 g/mol. The molecule has 1 aromatic heterocycles. The van der Waals surface area contributed by atoms with Gasteiger partial charge in [0.05, 0.1) is 30.5 Å². The molecule has 138 valence electrons. The number of nitrogen functional groups attached to an aromatic ring is 1. The summed E-state index contributed by atoms with van der Waals surface area (Å²) in [6.45, 7) is 0.561. The van der Waals surface area contributed by atoms with Crippen LogP contribution in [0.25, 0.3) is 0 Å². The van der Waals surface area contributed by atoms with Crippen LogP contribution in [-0.2, 0) is 12.8 Å². The van der Waals surface area contributed by atoms with Crippen LogP contribution in [0.15, 0.2) is 12.1 Å². The molecular formula is C18H21FN4O3. The zero-order valence-electron chi connectivity index (χ0n) is 14.5. The second-order valence-electron chi connectivity index (χ2n) is 6.80. The van der Waals surface area contributed by atoms with Gasteiger partial charge in [0.2, 0.25) is 0 Å². The summed E-state index contributed by atoms with van der Waals surface area (Å²) in [6, 6.07) is 2.65. The van der Waals surface area contributed by atoms with Gasteiger partial charge in [-0.1, -0.05) is 0 Å². The molecule has 0 radical (unpaired) electrons. The Morgan fingerprint density at radius 2 is 2.27 bits per heavy atom. The van der Waals surface area contributed by atoms with Gasteiger partial charge in [-0.05, 0) is 30.9 Å². The summed E-state index contributed by atoms with van der Waals surface area (Å²) in [5, 5.41) is 17.4. The van der Waals surface area contributed by atoms with E-state index in [0.717, 1.165) is 5.56 Å². The molecule has 2 aromatic rings. The van der Waals surface area contributed by atoms with E-state index in [9.17, 15) is 14.3 Å². The molecule has 26 heavy (non-hydrogen) atoms. The number of carbonyl (C=O) groups excluding carboxylic acids is 1. The minimum Gasteiger partial charge on any atom is -0.494 e. The Morgan fingerprint density at radius 1 is 1.46 bits per heavy atom. The van der Waals surface area contributed by atoms with Crippen molar-refractivity contribution in [3.05, 3.63) is 34.8 Å². The monoisotopic (exact) mass is 360 g/mol. The van der Waals surface area contributed by atoms with Crippen LogP contribution >= 0.6 is 0 Å². The molecule has 0 saturated carbocycles. The lowest BCUT2D eigenvalue weighted by Gasteiger charge is -2.27. The summed E-state index contributed by atoms with van der Waals surface area (Å²) in [6.07, 6.45) is 1.64. The fourth-order valence-electron chi connectivity index (χ4n) is 3.88. The van der Waals surface area contributed by atoms with Crippen LogP contribution in [-0.4, -0.2) is 40.6 Å². The van der Waals surface area contributed by atoms with Gasteiger partial charge in [0.1, 0.15) is 17.4 Å². The molecular weight excluding hydrogens is 339 g/mol. The van der Waals surface area contributed by atoms with Crippen molar-refractivity contribution in [2.75, 3.05) is 24.7 Å². The summed E-state index contributed by atoms with van der Waals surface area (Å²) in [5.41, 5.74) is 8.84. The van der Waals surface area contributed by atoms with Crippen molar-refractivity contribution in [1.29, 1.82) is 0 Å². The largest absolute Gasteiger partial charge is 0.494 e. The molecule has 1 unspecified atom stereocenters. The Kier molecular flexibility index (Phi) is 4.07. The van der Waals surface area contributed by atoms with Crippen molar-refractivity contribution in [2.45, 2.75) is 37.7 Å². The van der Waals surface area contributed by atoms with Gasteiger partial charge in [-0.25, -0.2) is 4.39 Å². The smallest absolute Gasteiger partial charge is 0.256 e. The number of ether oxygens (including phenoxy) is 1. The van der Waals surface area contributed by atoms with Crippen molar-refractivity contribution in [3.63, 3.8) is 0 Å². The normalized spacial score (nSPS) is 21.5. The lowest BCUT2D eigenvalue weighted by atomic mass is 9.89. The molecule has 2 heterocycles. The Bertz CT molecular complexity index is 880. The number of nitrogens with one attached hydrogen (secondary N) is 1. The highest BCUT2D eigenvalue weighted by Crippen LogP contribution is 2.40. The summed E-state index contributed by atoms with van der Waals surface area (Å²) in [5.74, 6) is -0.627. The maximum Gasteiger partial charge on any atom is 0.256 e. The van der Waals surface area contributed by atoms with Crippen LogP contribution in [0, 0.1) is 5.82 Å². The number of halogens is 1. The van der Waals surface area contributed by atoms with E-state index in [0.29, 0.717) is 60.7 Å². The maximum atomic E-state index is 14.0.